The Morgan fingerprint density at radius 1 is 1.08 bits per heavy atom. The average Bonchev–Trinajstić information content (AvgIpc) is 3.34. The average molecular weight is 539 g/mol. The van der Waals surface area contributed by atoms with Gasteiger partial charge in [0.25, 0.3) is 0 Å². The fourth-order valence-corrected chi connectivity index (χ4v) is 5.07. The highest BCUT2D eigenvalue weighted by Crippen LogP contribution is 2.22. The van der Waals surface area contributed by atoms with E-state index in [4.69, 9.17) is 16.3 Å². The summed E-state index contributed by atoms with van der Waals surface area (Å²) in [6, 6.07) is 17.1. The lowest BCUT2D eigenvalue weighted by molar-refractivity contribution is -0.138. The standard InChI is InChI=1S/C25H26N6O6S/c26-25(27)29-18-8-5-16(6-9-18)21-12-19(37-30-21)13-23(32)28-14-22(24(33)34)31-38(35,36)20-10-7-15-3-1-2-4-17(15)11-20/h1-11,19,22,31H,12-14H2,(H,28,32)(H,33,34)(H4,26,27,29)/t19-,22+/m1/s1. The third-order valence-electron chi connectivity index (χ3n) is 5.73. The number of guanidine groups is 1. The monoisotopic (exact) mass is 538 g/mol. The molecule has 0 aromatic heterocycles. The van der Waals surface area contributed by atoms with E-state index in [-0.39, 0.29) is 17.3 Å². The van der Waals surface area contributed by atoms with E-state index < -0.39 is 40.6 Å². The van der Waals surface area contributed by atoms with Gasteiger partial charge in [-0.1, -0.05) is 47.6 Å². The van der Waals surface area contributed by atoms with Crippen LogP contribution in [0.3, 0.4) is 0 Å². The highest BCUT2D eigenvalue weighted by molar-refractivity contribution is 7.89. The van der Waals surface area contributed by atoms with Crippen molar-refractivity contribution in [2.24, 2.45) is 21.6 Å². The lowest BCUT2D eigenvalue weighted by atomic mass is 10.0. The van der Waals surface area contributed by atoms with Crippen molar-refractivity contribution in [2.75, 3.05) is 6.54 Å². The Morgan fingerprint density at radius 2 is 1.79 bits per heavy atom. The molecule has 0 saturated carbocycles. The number of carbonyl (C=O) groups is 2. The Kier molecular flexibility index (Phi) is 7.88. The summed E-state index contributed by atoms with van der Waals surface area (Å²) in [5, 5.41) is 17.6. The van der Waals surface area contributed by atoms with Gasteiger partial charge < -0.3 is 26.7 Å². The molecule has 3 aromatic rings. The first-order valence-corrected chi connectivity index (χ1v) is 13.0. The van der Waals surface area contributed by atoms with E-state index in [2.05, 4.69) is 20.2 Å². The van der Waals surface area contributed by atoms with Gasteiger partial charge in [0.1, 0.15) is 12.1 Å². The maximum Gasteiger partial charge on any atom is 0.323 e. The van der Waals surface area contributed by atoms with Crippen molar-refractivity contribution in [3.63, 3.8) is 0 Å². The molecule has 4 rings (SSSR count). The number of nitrogens with one attached hydrogen (secondary N) is 2. The van der Waals surface area contributed by atoms with Crippen LogP contribution in [0.2, 0.25) is 0 Å². The summed E-state index contributed by atoms with van der Waals surface area (Å²) < 4.78 is 27.8. The second-order valence-electron chi connectivity index (χ2n) is 8.58. The first-order valence-electron chi connectivity index (χ1n) is 11.5. The fraction of sp³-hybridized carbons (Fsp3) is 0.200. The summed E-state index contributed by atoms with van der Waals surface area (Å²) in [4.78, 5) is 33.4. The number of hydrogen-bond donors (Lipinski definition) is 5. The van der Waals surface area contributed by atoms with Gasteiger partial charge >= 0.3 is 5.97 Å². The zero-order valence-electron chi connectivity index (χ0n) is 20.1. The predicted octanol–water partition coefficient (Wildman–Crippen LogP) is 1.18. The Labute approximate surface area is 218 Å². The first-order chi connectivity index (χ1) is 18.1. The molecule has 0 bridgehead atoms. The zero-order chi connectivity index (χ0) is 27.3. The van der Waals surface area contributed by atoms with Crippen LogP contribution in [0.5, 0.6) is 0 Å². The van der Waals surface area contributed by atoms with Crippen molar-refractivity contribution in [1.29, 1.82) is 0 Å². The van der Waals surface area contributed by atoms with E-state index >= 15 is 0 Å². The lowest BCUT2D eigenvalue weighted by Crippen LogP contribution is -2.48. The molecule has 0 radical (unpaired) electrons. The van der Waals surface area contributed by atoms with Crippen LogP contribution in [0.4, 0.5) is 5.69 Å². The van der Waals surface area contributed by atoms with Crippen molar-refractivity contribution >= 4 is 50.0 Å². The van der Waals surface area contributed by atoms with Crippen molar-refractivity contribution in [3.8, 4) is 0 Å². The molecule has 1 amide bonds. The van der Waals surface area contributed by atoms with Gasteiger partial charge in [0.15, 0.2) is 5.96 Å². The van der Waals surface area contributed by atoms with E-state index in [1.807, 2.05) is 12.1 Å². The third kappa shape index (κ3) is 6.63. The number of carbonyl (C=O) groups excluding carboxylic acids is 1. The Hall–Kier alpha value is -4.49. The third-order valence-corrected chi connectivity index (χ3v) is 7.20. The molecular weight excluding hydrogens is 512 g/mol. The Bertz CT molecular complexity index is 1520. The Morgan fingerprint density at radius 3 is 2.47 bits per heavy atom. The van der Waals surface area contributed by atoms with Crippen molar-refractivity contribution < 1.29 is 28.0 Å². The number of sulfonamides is 1. The highest BCUT2D eigenvalue weighted by Gasteiger charge is 2.28. The summed E-state index contributed by atoms with van der Waals surface area (Å²) in [6.07, 6.45) is -0.297. The van der Waals surface area contributed by atoms with Gasteiger partial charge in [0, 0.05) is 13.0 Å². The number of amides is 1. The fourth-order valence-electron chi connectivity index (χ4n) is 3.85. The molecule has 2 atom stereocenters. The van der Waals surface area contributed by atoms with Crippen LogP contribution in [0.1, 0.15) is 18.4 Å². The number of nitrogens with zero attached hydrogens (tertiary/aromatic N) is 2. The molecule has 13 heteroatoms. The summed E-state index contributed by atoms with van der Waals surface area (Å²) in [7, 11) is -4.16. The van der Waals surface area contributed by atoms with Gasteiger partial charge in [-0.25, -0.2) is 13.4 Å². The summed E-state index contributed by atoms with van der Waals surface area (Å²) >= 11 is 0. The SMILES string of the molecule is NC(N)=Nc1ccc(C2=NO[C@@H](CC(=O)NC[C@H](NS(=O)(=O)c3ccc4ccccc4c3)C(=O)O)C2)cc1. The van der Waals surface area contributed by atoms with Crippen molar-refractivity contribution in [3.05, 3.63) is 72.3 Å². The van der Waals surface area contributed by atoms with E-state index in [1.165, 1.54) is 12.1 Å². The molecule has 0 spiro atoms. The van der Waals surface area contributed by atoms with Crippen LogP contribution in [-0.4, -0.2) is 55.8 Å². The van der Waals surface area contributed by atoms with Crippen LogP contribution in [-0.2, 0) is 24.4 Å². The lowest BCUT2D eigenvalue weighted by Gasteiger charge is -2.16. The Balaban J connectivity index is 1.31. The molecule has 0 saturated heterocycles. The number of carboxylic acids is 1. The van der Waals surface area contributed by atoms with Gasteiger partial charge in [-0.3, -0.25) is 9.59 Å². The smallest absolute Gasteiger partial charge is 0.323 e. The molecule has 1 heterocycles. The maximum absolute atomic E-state index is 12.8. The number of nitrogens with two attached hydrogens (primary N) is 2. The van der Waals surface area contributed by atoms with Crippen LogP contribution in [0, 0.1) is 0 Å². The molecule has 12 nitrogen and oxygen atoms in total. The topological polar surface area (TPSA) is 199 Å². The quantitative estimate of drug-likeness (QED) is 0.187. The molecule has 1 aliphatic rings. The zero-order valence-corrected chi connectivity index (χ0v) is 20.9. The normalized spacial score (nSPS) is 15.8. The van der Waals surface area contributed by atoms with Gasteiger partial charge in [-0.05, 0) is 40.6 Å². The predicted molar refractivity (Wildman–Crippen MR) is 141 cm³/mol. The van der Waals surface area contributed by atoms with Crippen molar-refractivity contribution in [1.82, 2.24) is 10.0 Å². The minimum absolute atomic E-state index is 0.0583. The van der Waals surface area contributed by atoms with Gasteiger partial charge in [0.05, 0.1) is 22.7 Å². The number of aliphatic carboxylic acids is 1. The van der Waals surface area contributed by atoms with Crippen LogP contribution >= 0.6 is 0 Å². The van der Waals surface area contributed by atoms with Crippen LogP contribution < -0.4 is 21.5 Å². The number of fused-ring (bicyclic) bond motifs is 1. The number of carboxylic acid groups (broad SMARTS) is 1. The second kappa shape index (κ2) is 11.3. The minimum atomic E-state index is -4.16. The molecule has 198 valence electrons. The van der Waals surface area contributed by atoms with Crippen LogP contribution in [0.25, 0.3) is 10.8 Å². The number of aliphatic imine (C=N–C) groups is 1. The van der Waals surface area contributed by atoms with E-state index in [0.29, 0.717) is 23.2 Å². The maximum atomic E-state index is 12.8. The summed E-state index contributed by atoms with van der Waals surface area (Å²) in [5.41, 5.74) is 12.7. The molecule has 0 fully saturated rings. The van der Waals surface area contributed by atoms with Gasteiger partial charge in [0.2, 0.25) is 15.9 Å². The molecule has 0 aliphatic carbocycles. The van der Waals surface area contributed by atoms with Crippen molar-refractivity contribution in [2.45, 2.75) is 29.9 Å². The molecule has 3 aromatic carbocycles. The largest absolute Gasteiger partial charge is 0.480 e. The van der Waals surface area contributed by atoms with Gasteiger partial charge in [-0.15, -0.1) is 0 Å². The summed E-state index contributed by atoms with van der Waals surface area (Å²) in [6.45, 7) is -0.451. The number of hydrogen-bond acceptors (Lipinski definition) is 7. The van der Waals surface area contributed by atoms with E-state index in [9.17, 15) is 23.1 Å². The number of oxime groups is 1. The highest BCUT2D eigenvalue weighted by atomic mass is 32.2. The molecular formula is C25H26N6O6S. The first kappa shape index (κ1) is 26.6. The second-order valence-corrected chi connectivity index (χ2v) is 10.3. The van der Waals surface area contributed by atoms with E-state index in [1.54, 1.807) is 42.5 Å². The van der Waals surface area contributed by atoms with Crippen LogP contribution in [0.15, 0.2) is 81.8 Å². The van der Waals surface area contributed by atoms with E-state index in [0.717, 1.165) is 10.9 Å². The molecule has 0 unspecified atom stereocenters. The number of benzene rings is 3. The minimum Gasteiger partial charge on any atom is -0.480 e. The molecule has 7 N–H and O–H groups in total. The molecule has 38 heavy (non-hydrogen) atoms. The number of rotatable bonds is 10. The summed E-state index contributed by atoms with van der Waals surface area (Å²) in [5.74, 6) is -2.00. The molecule has 1 aliphatic heterocycles. The van der Waals surface area contributed by atoms with Gasteiger partial charge in [-0.2, -0.15) is 4.72 Å².